The zero-order valence-electron chi connectivity index (χ0n) is 16.5. The van der Waals surface area contributed by atoms with Crippen molar-refractivity contribution in [1.82, 2.24) is 15.0 Å². The molecule has 0 spiro atoms. The van der Waals surface area contributed by atoms with E-state index in [0.29, 0.717) is 25.2 Å². The standard InChI is InChI=1S/C20H33N3O3S/c1-3-25-20-17(6-4-13-22-20)15-8-10-16(11-9-15)26-14-19-18(23-27(2)24)7-5-12-21-19/h4,6,13,15-16,18-19,21,23H,3,5,7-12,14H2,1-2H3/t15-,16+,18?,19?,27?. The fraction of sp³-hybridized carbons (Fsp3) is 0.750. The van der Waals surface area contributed by atoms with E-state index >= 15 is 0 Å². The second-order valence-corrected chi connectivity index (χ2v) is 8.66. The number of nitrogens with zero attached hydrogens (tertiary/aromatic N) is 1. The van der Waals surface area contributed by atoms with Gasteiger partial charge in [-0.2, -0.15) is 0 Å². The molecule has 1 aliphatic carbocycles. The summed E-state index contributed by atoms with van der Waals surface area (Å²) in [6.07, 6.45) is 10.3. The van der Waals surface area contributed by atoms with E-state index in [1.165, 1.54) is 5.56 Å². The Balaban J connectivity index is 1.47. The van der Waals surface area contributed by atoms with Gasteiger partial charge in [0.1, 0.15) is 6.26 Å². The highest BCUT2D eigenvalue weighted by molar-refractivity contribution is 7.88. The Hall–Kier alpha value is -0.860. The maximum Gasteiger partial charge on any atom is 0.216 e. The molecule has 1 aliphatic heterocycles. The topological polar surface area (TPSA) is 78.5 Å². The predicted octanol–water partition coefficient (Wildman–Crippen LogP) is 2.53. The lowest BCUT2D eigenvalue weighted by atomic mass is 9.83. The zero-order valence-corrected chi connectivity index (χ0v) is 17.3. The second kappa shape index (κ2) is 10.6. The van der Waals surface area contributed by atoms with Crippen LogP contribution in [-0.2, 0) is 16.1 Å². The zero-order chi connectivity index (χ0) is 19.1. The minimum absolute atomic E-state index is 0.227. The van der Waals surface area contributed by atoms with E-state index in [-0.39, 0.29) is 12.1 Å². The lowest BCUT2D eigenvalue weighted by molar-refractivity contribution is 0.00507. The summed E-state index contributed by atoms with van der Waals surface area (Å²) < 4.78 is 26.7. The molecule has 152 valence electrons. The third-order valence-electron chi connectivity index (χ3n) is 5.61. The highest BCUT2D eigenvalue weighted by atomic mass is 32.2. The van der Waals surface area contributed by atoms with Crippen molar-refractivity contribution in [2.45, 2.75) is 69.6 Å². The molecule has 1 aromatic rings. The molecule has 0 amide bonds. The summed E-state index contributed by atoms with van der Waals surface area (Å²) in [5.74, 6) is 1.29. The number of piperidine rings is 1. The van der Waals surface area contributed by atoms with Gasteiger partial charge in [-0.1, -0.05) is 6.07 Å². The SMILES string of the molecule is CCOc1ncccc1[C@H]1CC[C@@H](OCC2NCCCC2N[S+](C)[O-])CC1. The van der Waals surface area contributed by atoms with Crippen molar-refractivity contribution < 1.29 is 14.0 Å². The molecule has 3 unspecified atom stereocenters. The molecule has 2 heterocycles. The lowest BCUT2D eigenvalue weighted by Gasteiger charge is -2.35. The first-order valence-corrected chi connectivity index (χ1v) is 11.8. The highest BCUT2D eigenvalue weighted by Gasteiger charge is 2.30. The summed E-state index contributed by atoms with van der Waals surface area (Å²) in [5, 5.41) is 3.52. The molecule has 3 atom stereocenters. The first-order chi connectivity index (χ1) is 13.2. The Morgan fingerprint density at radius 1 is 1.30 bits per heavy atom. The lowest BCUT2D eigenvalue weighted by Crippen LogP contribution is -2.55. The van der Waals surface area contributed by atoms with E-state index in [4.69, 9.17) is 9.47 Å². The fourth-order valence-corrected chi connectivity index (χ4v) is 4.94. The van der Waals surface area contributed by atoms with Crippen LogP contribution in [0.25, 0.3) is 0 Å². The smallest absolute Gasteiger partial charge is 0.216 e. The van der Waals surface area contributed by atoms with Crippen LogP contribution in [0.2, 0.25) is 0 Å². The summed E-state index contributed by atoms with van der Waals surface area (Å²) in [6.45, 7) is 4.34. The van der Waals surface area contributed by atoms with Gasteiger partial charge in [0.15, 0.2) is 0 Å². The Morgan fingerprint density at radius 2 is 2.11 bits per heavy atom. The van der Waals surface area contributed by atoms with Gasteiger partial charge in [0.05, 0.1) is 31.4 Å². The molecule has 2 fully saturated rings. The van der Waals surface area contributed by atoms with Crippen molar-refractivity contribution in [2.24, 2.45) is 0 Å². The van der Waals surface area contributed by atoms with Gasteiger partial charge >= 0.3 is 0 Å². The first-order valence-electron chi connectivity index (χ1n) is 10.2. The largest absolute Gasteiger partial charge is 0.598 e. The minimum atomic E-state index is -0.986. The predicted molar refractivity (Wildman–Crippen MR) is 108 cm³/mol. The number of aromatic nitrogens is 1. The normalized spacial score (nSPS) is 30.0. The van der Waals surface area contributed by atoms with Crippen LogP contribution < -0.4 is 14.8 Å². The van der Waals surface area contributed by atoms with Crippen molar-refractivity contribution in [1.29, 1.82) is 0 Å². The molecular weight excluding hydrogens is 362 g/mol. The number of pyridine rings is 1. The van der Waals surface area contributed by atoms with Gasteiger partial charge in [0.2, 0.25) is 5.88 Å². The van der Waals surface area contributed by atoms with E-state index in [1.54, 1.807) is 12.5 Å². The van der Waals surface area contributed by atoms with E-state index in [9.17, 15) is 4.55 Å². The van der Waals surface area contributed by atoms with Crippen LogP contribution in [0.15, 0.2) is 18.3 Å². The molecule has 1 saturated heterocycles. The molecule has 2 N–H and O–H groups in total. The first kappa shape index (κ1) is 20.9. The Morgan fingerprint density at radius 3 is 2.85 bits per heavy atom. The minimum Gasteiger partial charge on any atom is -0.598 e. The van der Waals surface area contributed by atoms with Crippen molar-refractivity contribution in [2.75, 3.05) is 26.0 Å². The van der Waals surface area contributed by atoms with E-state index in [0.717, 1.165) is 50.9 Å². The highest BCUT2D eigenvalue weighted by Crippen LogP contribution is 2.37. The van der Waals surface area contributed by atoms with Gasteiger partial charge in [-0.25, -0.2) is 4.98 Å². The van der Waals surface area contributed by atoms with Gasteiger partial charge < -0.3 is 19.3 Å². The van der Waals surface area contributed by atoms with Gasteiger partial charge in [0.25, 0.3) is 0 Å². The van der Waals surface area contributed by atoms with E-state index in [2.05, 4.69) is 21.1 Å². The third-order valence-corrected chi connectivity index (χ3v) is 6.24. The summed E-state index contributed by atoms with van der Waals surface area (Å²) in [7, 11) is 0. The van der Waals surface area contributed by atoms with Gasteiger partial charge in [-0.15, -0.1) is 4.72 Å². The van der Waals surface area contributed by atoms with Crippen LogP contribution in [0.1, 0.15) is 56.9 Å². The maximum absolute atomic E-state index is 11.5. The molecular formula is C20H33N3O3S. The van der Waals surface area contributed by atoms with E-state index in [1.807, 2.05) is 13.0 Å². The van der Waals surface area contributed by atoms with Crippen molar-refractivity contribution >= 4 is 11.4 Å². The molecule has 3 rings (SSSR count). The van der Waals surface area contributed by atoms with Gasteiger partial charge in [-0.05, 0) is 64.0 Å². The molecule has 6 nitrogen and oxygen atoms in total. The van der Waals surface area contributed by atoms with Crippen LogP contribution in [0.5, 0.6) is 5.88 Å². The quantitative estimate of drug-likeness (QED) is 0.659. The second-order valence-electron chi connectivity index (χ2n) is 7.52. The monoisotopic (exact) mass is 395 g/mol. The molecule has 27 heavy (non-hydrogen) atoms. The summed E-state index contributed by atoms with van der Waals surface area (Å²) >= 11 is -0.986. The van der Waals surface area contributed by atoms with Crippen LogP contribution in [0.4, 0.5) is 0 Å². The third kappa shape index (κ3) is 6.06. The number of nitrogens with one attached hydrogen (secondary N) is 2. The van der Waals surface area contributed by atoms with Crippen molar-refractivity contribution in [3.63, 3.8) is 0 Å². The number of rotatable bonds is 8. The van der Waals surface area contributed by atoms with Crippen LogP contribution in [-0.4, -0.2) is 53.7 Å². The Bertz CT molecular complexity index is 567. The van der Waals surface area contributed by atoms with Crippen LogP contribution >= 0.6 is 0 Å². The fourth-order valence-electron chi connectivity index (χ4n) is 4.23. The van der Waals surface area contributed by atoms with Gasteiger partial charge in [0, 0.05) is 23.1 Å². The molecule has 1 saturated carbocycles. The van der Waals surface area contributed by atoms with Gasteiger partial charge in [-0.3, -0.25) is 0 Å². The molecule has 1 aromatic heterocycles. The van der Waals surface area contributed by atoms with E-state index < -0.39 is 11.4 Å². The Labute approximate surface area is 166 Å². The number of hydrogen-bond acceptors (Lipinski definition) is 6. The number of hydrogen-bond donors (Lipinski definition) is 2. The summed E-state index contributed by atoms with van der Waals surface area (Å²) in [4.78, 5) is 4.40. The summed E-state index contributed by atoms with van der Waals surface area (Å²) in [5.41, 5.74) is 1.24. The molecule has 0 bridgehead atoms. The van der Waals surface area contributed by atoms with Crippen LogP contribution in [0.3, 0.4) is 0 Å². The molecule has 0 aromatic carbocycles. The number of ether oxygens (including phenoxy) is 2. The summed E-state index contributed by atoms with van der Waals surface area (Å²) in [6, 6.07) is 4.62. The average Bonchev–Trinajstić information content (AvgIpc) is 2.68. The van der Waals surface area contributed by atoms with Crippen molar-refractivity contribution in [3.05, 3.63) is 23.9 Å². The maximum atomic E-state index is 11.5. The average molecular weight is 396 g/mol. The Kier molecular flexibility index (Phi) is 8.21. The van der Waals surface area contributed by atoms with Crippen molar-refractivity contribution in [3.8, 4) is 5.88 Å². The molecule has 7 heteroatoms. The van der Waals surface area contributed by atoms with Crippen LogP contribution in [0, 0.1) is 0 Å². The molecule has 0 radical (unpaired) electrons. The molecule has 2 aliphatic rings.